The zero-order valence-corrected chi connectivity index (χ0v) is 13.2. The zero-order valence-electron chi connectivity index (χ0n) is 13.2. The Morgan fingerprint density at radius 2 is 1.39 bits per heavy atom. The maximum Gasteiger partial charge on any atom is 0.325 e. The average Bonchev–Trinajstić information content (AvgIpc) is 2.46. The number of hydrogen-bond donors (Lipinski definition) is 6. The summed E-state index contributed by atoms with van der Waals surface area (Å²) < 4.78 is 0. The average molecular weight is 331 g/mol. The van der Waals surface area contributed by atoms with Crippen molar-refractivity contribution in [3.05, 3.63) is 0 Å². The van der Waals surface area contributed by atoms with E-state index in [1.54, 1.807) is 0 Å². The van der Waals surface area contributed by atoms with Crippen molar-refractivity contribution in [2.75, 3.05) is 0 Å². The summed E-state index contributed by atoms with van der Waals surface area (Å²) in [6, 6.07) is -3.65. The zero-order chi connectivity index (χ0) is 18.2. The van der Waals surface area contributed by atoms with Crippen LogP contribution in [-0.2, 0) is 19.2 Å². The molecule has 132 valence electrons. The minimum Gasteiger partial charge on any atom is -0.480 e. The highest BCUT2D eigenvalue weighted by molar-refractivity contribution is 5.91. The van der Waals surface area contributed by atoms with E-state index in [-0.39, 0.29) is 6.42 Å². The van der Waals surface area contributed by atoms with E-state index in [1.807, 2.05) is 0 Å². The van der Waals surface area contributed by atoms with Crippen LogP contribution in [0.1, 0.15) is 33.1 Å². The fraction of sp³-hybridized carbons (Fsp3) is 0.692. The summed E-state index contributed by atoms with van der Waals surface area (Å²) in [5.74, 6) is -2.99. The standard InChI is InChI=1S/C13H25N5O5/c1-6(11(20)18-7(2)13(22)23)17-12(21)9(15)5-3-4-8(14)10(16)19/h6-9H,3-5,14-15H2,1-2H3,(H2,16,19)(H,17,21)(H,18,20)(H,22,23)/t6-,7+,8-,9-/m0/s1. The fourth-order valence-electron chi connectivity index (χ4n) is 1.62. The Kier molecular flexibility index (Phi) is 8.81. The minimum absolute atomic E-state index is 0.271. The third kappa shape index (κ3) is 8.12. The van der Waals surface area contributed by atoms with Gasteiger partial charge in [-0.1, -0.05) is 0 Å². The first kappa shape index (κ1) is 20.8. The lowest BCUT2D eigenvalue weighted by Gasteiger charge is -2.19. The number of nitrogens with one attached hydrogen (secondary N) is 2. The van der Waals surface area contributed by atoms with Gasteiger partial charge in [0.1, 0.15) is 12.1 Å². The number of carboxylic acids is 1. The predicted molar refractivity (Wildman–Crippen MR) is 81.8 cm³/mol. The van der Waals surface area contributed by atoms with Crippen molar-refractivity contribution in [1.82, 2.24) is 10.6 Å². The number of hydrogen-bond acceptors (Lipinski definition) is 6. The van der Waals surface area contributed by atoms with E-state index in [0.29, 0.717) is 12.8 Å². The molecule has 0 unspecified atom stereocenters. The van der Waals surface area contributed by atoms with Crippen LogP contribution in [0.15, 0.2) is 0 Å². The summed E-state index contributed by atoms with van der Waals surface area (Å²) >= 11 is 0. The molecule has 0 spiro atoms. The summed E-state index contributed by atoms with van der Waals surface area (Å²) in [7, 11) is 0. The quantitative estimate of drug-likeness (QED) is 0.252. The number of carbonyl (C=O) groups is 4. The fourth-order valence-corrected chi connectivity index (χ4v) is 1.62. The lowest BCUT2D eigenvalue weighted by molar-refractivity contribution is -0.141. The van der Waals surface area contributed by atoms with E-state index in [2.05, 4.69) is 10.6 Å². The third-order valence-corrected chi connectivity index (χ3v) is 3.21. The van der Waals surface area contributed by atoms with Crippen LogP contribution in [-0.4, -0.2) is 53.0 Å². The number of rotatable bonds is 10. The summed E-state index contributed by atoms with van der Waals surface area (Å²) in [6.45, 7) is 2.72. The molecule has 0 aromatic rings. The van der Waals surface area contributed by atoms with Gasteiger partial charge < -0.3 is 32.9 Å². The van der Waals surface area contributed by atoms with Crippen molar-refractivity contribution in [1.29, 1.82) is 0 Å². The number of primary amides is 1. The van der Waals surface area contributed by atoms with Crippen molar-refractivity contribution in [2.24, 2.45) is 17.2 Å². The largest absolute Gasteiger partial charge is 0.480 e. The lowest BCUT2D eigenvalue weighted by atomic mass is 10.1. The van der Waals surface area contributed by atoms with E-state index < -0.39 is 47.9 Å². The summed E-state index contributed by atoms with van der Waals surface area (Å²) in [5, 5.41) is 13.3. The Morgan fingerprint density at radius 3 is 1.87 bits per heavy atom. The lowest BCUT2D eigenvalue weighted by Crippen LogP contribution is -2.52. The normalized spacial score (nSPS) is 15.8. The Morgan fingerprint density at radius 1 is 0.913 bits per heavy atom. The van der Waals surface area contributed by atoms with Gasteiger partial charge in [-0.3, -0.25) is 19.2 Å². The van der Waals surface area contributed by atoms with Crippen molar-refractivity contribution in [3.63, 3.8) is 0 Å². The summed E-state index contributed by atoms with van der Waals surface area (Å²) in [5.41, 5.74) is 16.1. The second-order valence-electron chi connectivity index (χ2n) is 5.35. The molecule has 0 saturated carbocycles. The first-order valence-electron chi connectivity index (χ1n) is 7.20. The van der Waals surface area contributed by atoms with Gasteiger partial charge in [-0.15, -0.1) is 0 Å². The Balaban J connectivity index is 4.22. The van der Waals surface area contributed by atoms with E-state index >= 15 is 0 Å². The van der Waals surface area contributed by atoms with Crippen LogP contribution in [0.5, 0.6) is 0 Å². The molecule has 0 aliphatic carbocycles. The number of aliphatic carboxylic acids is 1. The number of carbonyl (C=O) groups excluding carboxylic acids is 3. The molecule has 9 N–H and O–H groups in total. The second kappa shape index (κ2) is 9.74. The molecule has 4 atom stereocenters. The topological polar surface area (TPSA) is 191 Å². The number of amides is 3. The van der Waals surface area contributed by atoms with Crippen LogP contribution in [0.3, 0.4) is 0 Å². The Labute approximate surface area is 134 Å². The smallest absolute Gasteiger partial charge is 0.325 e. The molecule has 10 heteroatoms. The van der Waals surface area contributed by atoms with Crippen LogP contribution >= 0.6 is 0 Å². The molecule has 0 fully saturated rings. The van der Waals surface area contributed by atoms with Gasteiger partial charge in [0.15, 0.2) is 0 Å². The predicted octanol–water partition coefficient (Wildman–Crippen LogP) is -2.61. The molecule has 0 rings (SSSR count). The van der Waals surface area contributed by atoms with E-state index in [1.165, 1.54) is 13.8 Å². The molecule has 0 saturated heterocycles. The number of carboxylic acid groups (broad SMARTS) is 1. The van der Waals surface area contributed by atoms with Crippen LogP contribution in [0, 0.1) is 0 Å². The van der Waals surface area contributed by atoms with Crippen LogP contribution < -0.4 is 27.8 Å². The molecule has 3 amide bonds. The van der Waals surface area contributed by atoms with E-state index in [4.69, 9.17) is 22.3 Å². The van der Waals surface area contributed by atoms with Gasteiger partial charge in [0.05, 0.1) is 12.1 Å². The summed E-state index contributed by atoms with van der Waals surface area (Å²) in [4.78, 5) is 44.9. The Hall–Kier alpha value is -2.20. The third-order valence-electron chi connectivity index (χ3n) is 3.21. The maximum absolute atomic E-state index is 11.8. The van der Waals surface area contributed by atoms with Crippen molar-refractivity contribution >= 4 is 23.7 Å². The second-order valence-corrected chi connectivity index (χ2v) is 5.35. The highest BCUT2D eigenvalue weighted by Crippen LogP contribution is 2.02. The molecule has 0 aromatic heterocycles. The van der Waals surface area contributed by atoms with Crippen LogP contribution in [0.2, 0.25) is 0 Å². The van der Waals surface area contributed by atoms with Crippen molar-refractivity contribution < 1.29 is 24.3 Å². The first-order chi connectivity index (χ1) is 10.6. The molecule has 0 radical (unpaired) electrons. The van der Waals surface area contributed by atoms with Crippen LogP contribution in [0.4, 0.5) is 0 Å². The maximum atomic E-state index is 11.8. The SMILES string of the molecule is C[C@H](NC(=O)[C@@H](N)CCC[C@H](N)C(N)=O)C(=O)N[C@H](C)C(=O)O. The molecular weight excluding hydrogens is 306 g/mol. The summed E-state index contributed by atoms with van der Waals surface area (Å²) in [6.07, 6.45) is 1.00. The molecule has 0 aliphatic rings. The molecule has 0 heterocycles. The van der Waals surface area contributed by atoms with E-state index in [9.17, 15) is 19.2 Å². The van der Waals surface area contributed by atoms with Gasteiger partial charge in [0.2, 0.25) is 17.7 Å². The van der Waals surface area contributed by atoms with Gasteiger partial charge in [0, 0.05) is 0 Å². The van der Waals surface area contributed by atoms with Crippen LogP contribution in [0.25, 0.3) is 0 Å². The van der Waals surface area contributed by atoms with Gasteiger partial charge >= 0.3 is 5.97 Å². The van der Waals surface area contributed by atoms with Crippen molar-refractivity contribution in [2.45, 2.75) is 57.3 Å². The molecule has 0 aliphatic heterocycles. The van der Waals surface area contributed by atoms with Gasteiger partial charge in [0.25, 0.3) is 0 Å². The number of nitrogens with two attached hydrogens (primary N) is 3. The Bertz CT molecular complexity index is 456. The minimum atomic E-state index is -1.18. The van der Waals surface area contributed by atoms with Gasteiger partial charge in [-0.05, 0) is 33.1 Å². The first-order valence-corrected chi connectivity index (χ1v) is 7.20. The molecular formula is C13H25N5O5. The molecule has 0 bridgehead atoms. The van der Waals surface area contributed by atoms with Gasteiger partial charge in [-0.2, -0.15) is 0 Å². The highest BCUT2D eigenvalue weighted by atomic mass is 16.4. The van der Waals surface area contributed by atoms with Crippen molar-refractivity contribution in [3.8, 4) is 0 Å². The molecule has 23 heavy (non-hydrogen) atoms. The van der Waals surface area contributed by atoms with E-state index in [0.717, 1.165) is 0 Å². The molecule has 10 nitrogen and oxygen atoms in total. The highest BCUT2D eigenvalue weighted by Gasteiger charge is 2.23. The van der Waals surface area contributed by atoms with Gasteiger partial charge in [-0.25, -0.2) is 0 Å². The molecule has 0 aromatic carbocycles. The monoisotopic (exact) mass is 331 g/mol.